The number of methoxy groups -OCH3 is 1. The number of carboxylic acid groups (broad SMARTS) is 1. The van der Waals surface area contributed by atoms with Gasteiger partial charge in [-0.2, -0.15) is 0 Å². The Hall–Kier alpha value is -1.79. The van der Waals surface area contributed by atoms with E-state index in [2.05, 4.69) is 15.4 Å². The Kier molecular flexibility index (Phi) is 5.91. The fraction of sp³-hybridized carbons (Fsp3) is 0.667. The molecule has 0 aliphatic heterocycles. The van der Waals surface area contributed by atoms with Crippen molar-refractivity contribution in [3.05, 3.63) is 0 Å². The van der Waals surface area contributed by atoms with E-state index in [-0.39, 0.29) is 6.54 Å². The van der Waals surface area contributed by atoms with E-state index in [0.29, 0.717) is 0 Å². The van der Waals surface area contributed by atoms with Gasteiger partial charge in [0.25, 0.3) is 0 Å². The number of carboxylic acids is 1. The Morgan fingerprint density at radius 3 is 2.31 bits per heavy atom. The van der Waals surface area contributed by atoms with Crippen LogP contribution in [0.3, 0.4) is 0 Å². The lowest BCUT2D eigenvalue weighted by molar-refractivity contribution is -0.142. The first kappa shape index (κ1) is 14.2. The van der Waals surface area contributed by atoms with Crippen molar-refractivity contribution < 1.29 is 24.2 Å². The van der Waals surface area contributed by atoms with Gasteiger partial charge < -0.3 is 20.5 Å². The maximum absolute atomic E-state index is 11.2. The van der Waals surface area contributed by atoms with Crippen LogP contribution in [0.5, 0.6) is 0 Å². The first-order chi connectivity index (χ1) is 7.38. The zero-order valence-electron chi connectivity index (χ0n) is 9.44. The third-order valence-electron chi connectivity index (χ3n) is 2.12. The second-order valence-electron chi connectivity index (χ2n) is 3.32. The van der Waals surface area contributed by atoms with Gasteiger partial charge in [-0.15, -0.1) is 0 Å². The van der Waals surface area contributed by atoms with Crippen molar-refractivity contribution in [1.29, 1.82) is 0 Å². The maximum Gasteiger partial charge on any atom is 0.325 e. The Labute approximate surface area is 93.2 Å². The van der Waals surface area contributed by atoms with Crippen LogP contribution in [-0.2, 0) is 14.3 Å². The standard InChI is InChI=1S/C9H16N2O5/c1-5(8(13)14)6(2)11-9(15)10-4-7(12)16-3/h5-6H,4H2,1-3H3,(H,13,14)(H2,10,11,15). The number of urea groups is 1. The molecule has 0 aliphatic carbocycles. The minimum Gasteiger partial charge on any atom is -0.481 e. The molecule has 0 saturated heterocycles. The third-order valence-corrected chi connectivity index (χ3v) is 2.12. The van der Waals surface area contributed by atoms with Gasteiger partial charge in [0.15, 0.2) is 0 Å². The van der Waals surface area contributed by atoms with Gasteiger partial charge in [-0.05, 0) is 13.8 Å². The summed E-state index contributed by atoms with van der Waals surface area (Å²) in [5.41, 5.74) is 0. The Balaban J connectivity index is 3.96. The van der Waals surface area contributed by atoms with Crippen molar-refractivity contribution in [1.82, 2.24) is 10.6 Å². The lowest BCUT2D eigenvalue weighted by Crippen LogP contribution is -2.46. The second-order valence-corrected chi connectivity index (χ2v) is 3.32. The number of carbonyl (C=O) groups is 3. The van der Waals surface area contributed by atoms with Crippen molar-refractivity contribution in [3.63, 3.8) is 0 Å². The van der Waals surface area contributed by atoms with Crippen LogP contribution < -0.4 is 10.6 Å². The van der Waals surface area contributed by atoms with Crippen LogP contribution in [0.15, 0.2) is 0 Å². The number of nitrogens with one attached hydrogen (secondary N) is 2. The number of amides is 2. The summed E-state index contributed by atoms with van der Waals surface area (Å²) in [7, 11) is 1.21. The van der Waals surface area contributed by atoms with E-state index in [4.69, 9.17) is 5.11 Å². The lowest BCUT2D eigenvalue weighted by atomic mass is 10.0. The molecule has 0 aromatic rings. The fourth-order valence-electron chi connectivity index (χ4n) is 0.821. The smallest absolute Gasteiger partial charge is 0.325 e. The van der Waals surface area contributed by atoms with Crippen LogP contribution >= 0.6 is 0 Å². The molecule has 92 valence electrons. The molecule has 0 radical (unpaired) electrons. The summed E-state index contributed by atoms with van der Waals surface area (Å²) >= 11 is 0. The normalized spacial score (nSPS) is 13.4. The molecule has 3 N–H and O–H groups in total. The van der Waals surface area contributed by atoms with Crippen LogP contribution in [0.4, 0.5) is 4.79 Å². The molecule has 2 amide bonds. The lowest BCUT2D eigenvalue weighted by Gasteiger charge is -2.17. The van der Waals surface area contributed by atoms with E-state index in [1.165, 1.54) is 14.0 Å². The first-order valence-electron chi connectivity index (χ1n) is 4.72. The molecule has 2 unspecified atom stereocenters. The van der Waals surface area contributed by atoms with Gasteiger partial charge in [0.2, 0.25) is 0 Å². The molecule has 2 atom stereocenters. The van der Waals surface area contributed by atoms with Crippen molar-refractivity contribution in [2.45, 2.75) is 19.9 Å². The summed E-state index contributed by atoms with van der Waals surface area (Å²) in [6.45, 7) is 2.79. The van der Waals surface area contributed by atoms with E-state index in [1.807, 2.05) is 0 Å². The molecule has 0 bridgehead atoms. The summed E-state index contributed by atoms with van der Waals surface area (Å²) in [5.74, 6) is -2.28. The molecular weight excluding hydrogens is 216 g/mol. The highest BCUT2D eigenvalue weighted by Crippen LogP contribution is 2.01. The molecule has 7 nitrogen and oxygen atoms in total. The number of carbonyl (C=O) groups excluding carboxylic acids is 2. The average molecular weight is 232 g/mol. The molecule has 0 fully saturated rings. The summed E-state index contributed by atoms with van der Waals surface area (Å²) < 4.78 is 4.32. The minimum atomic E-state index is -0.999. The predicted molar refractivity (Wildman–Crippen MR) is 54.8 cm³/mol. The number of ether oxygens (including phenoxy) is 1. The Morgan fingerprint density at radius 1 is 1.31 bits per heavy atom. The predicted octanol–water partition coefficient (Wildman–Crippen LogP) is -0.432. The summed E-state index contributed by atoms with van der Waals surface area (Å²) in [5, 5.41) is 13.3. The van der Waals surface area contributed by atoms with E-state index in [9.17, 15) is 14.4 Å². The van der Waals surface area contributed by atoms with Gasteiger partial charge in [-0.3, -0.25) is 9.59 Å². The van der Waals surface area contributed by atoms with Gasteiger partial charge in [-0.1, -0.05) is 0 Å². The molecular formula is C9H16N2O5. The van der Waals surface area contributed by atoms with Crippen molar-refractivity contribution in [2.24, 2.45) is 5.92 Å². The van der Waals surface area contributed by atoms with Crippen LogP contribution in [0.1, 0.15) is 13.8 Å². The zero-order valence-corrected chi connectivity index (χ0v) is 9.44. The Bertz CT molecular complexity index is 279. The van der Waals surface area contributed by atoms with Crippen LogP contribution in [-0.4, -0.2) is 42.8 Å². The largest absolute Gasteiger partial charge is 0.481 e. The second kappa shape index (κ2) is 6.65. The van der Waals surface area contributed by atoms with Gasteiger partial charge in [0.05, 0.1) is 13.0 Å². The number of hydrogen-bond donors (Lipinski definition) is 3. The molecule has 0 heterocycles. The van der Waals surface area contributed by atoms with Gasteiger partial charge in [0, 0.05) is 6.04 Å². The van der Waals surface area contributed by atoms with Gasteiger partial charge in [-0.25, -0.2) is 4.79 Å². The highest BCUT2D eigenvalue weighted by Gasteiger charge is 2.20. The van der Waals surface area contributed by atoms with Crippen molar-refractivity contribution in [3.8, 4) is 0 Å². The van der Waals surface area contributed by atoms with E-state index >= 15 is 0 Å². The third kappa shape index (κ3) is 5.18. The summed E-state index contributed by atoms with van der Waals surface area (Å²) in [6, 6.07) is -1.14. The van der Waals surface area contributed by atoms with Crippen LogP contribution in [0, 0.1) is 5.92 Å². The monoisotopic (exact) mass is 232 g/mol. The molecule has 7 heteroatoms. The summed E-state index contributed by atoms with van der Waals surface area (Å²) in [4.78, 5) is 32.5. The zero-order chi connectivity index (χ0) is 12.7. The fourth-order valence-corrected chi connectivity index (χ4v) is 0.821. The number of rotatable bonds is 5. The van der Waals surface area contributed by atoms with E-state index < -0.39 is 29.9 Å². The molecule has 16 heavy (non-hydrogen) atoms. The van der Waals surface area contributed by atoms with Crippen molar-refractivity contribution in [2.75, 3.05) is 13.7 Å². The summed E-state index contributed by atoms with van der Waals surface area (Å²) in [6.07, 6.45) is 0. The van der Waals surface area contributed by atoms with Crippen LogP contribution in [0.2, 0.25) is 0 Å². The molecule has 0 aromatic heterocycles. The van der Waals surface area contributed by atoms with Crippen molar-refractivity contribution >= 4 is 18.0 Å². The molecule has 0 spiro atoms. The topological polar surface area (TPSA) is 105 Å². The highest BCUT2D eigenvalue weighted by molar-refractivity contribution is 5.81. The van der Waals surface area contributed by atoms with Gasteiger partial charge in [0.1, 0.15) is 6.54 Å². The SMILES string of the molecule is COC(=O)CNC(=O)NC(C)C(C)C(=O)O. The highest BCUT2D eigenvalue weighted by atomic mass is 16.5. The molecule has 0 rings (SSSR count). The van der Waals surface area contributed by atoms with Gasteiger partial charge >= 0.3 is 18.0 Å². The number of esters is 1. The quantitative estimate of drug-likeness (QED) is 0.558. The first-order valence-corrected chi connectivity index (χ1v) is 4.72. The Morgan fingerprint density at radius 2 is 1.88 bits per heavy atom. The molecule has 0 saturated carbocycles. The average Bonchev–Trinajstić information content (AvgIpc) is 2.24. The van der Waals surface area contributed by atoms with E-state index in [0.717, 1.165) is 0 Å². The van der Waals surface area contributed by atoms with Crippen LogP contribution in [0.25, 0.3) is 0 Å². The minimum absolute atomic E-state index is 0.253. The maximum atomic E-state index is 11.2. The molecule has 0 aliphatic rings. The molecule has 0 aromatic carbocycles. The number of aliphatic carboxylic acids is 1. The number of hydrogen-bond acceptors (Lipinski definition) is 4. The van der Waals surface area contributed by atoms with E-state index in [1.54, 1.807) is 6.92 Å².